The maximum atomic E-state index is 4.25. The number of ether oxygens (including phenoxy) is 1. The van der Waals surface area contributed by atoms with Crippen molar-refractivity contribution in [2.45, 2.75) is 27.7 Å². The van der Waals surface area contributed by atoms with Crippen LogP contribution in [0, 0.1) is 5.41 Å². The summed E-state index contributed by atoms with van der Waals surface area (Å²) in [6.07, 6.45) is 0. The first-order valence-corrected chi connectivity index (χ1v) is 2.82. The van der Waals surface area contributed by atoms with Crippen molar-refractivity contribution >= 4 is 0 Å². The SMILES string of the molecule is CC(C)(C)C.COC. The minimum absolute atomic E-state index is 0.500. The highest BCUT2D eigenvalue weighted by molar-refractivity contribution is 4.47. The Labute approximate surface area is 53.0 Å². The fraction of sp³-hybridized carbons (Fsp3) is 1.00. The van der Waals surface area contributed by atoms with Crippen LogP contribution in [0.25, 0.3) is 0 Å². The number of hydrogen-bond acceptors (Lipinski definition) is 1. The Bertz CT molecular complexity index is 28.1. The second-order valence-corrected chi connectivity index (χ2v) is 3.41. The molecule has 0 spiro atoms. The number of hydrogen-bond donors (Lipinski definition) is 0. The van der Waals surface area contributed by atoms with Gasteiger partial charge in [0.1, 0.15) is 0 Å². The van der Waals surface area contributed by atoms with Crippen LogP contribution in [-0.4, -0.2) is 14.2 Å². The Morgan fingerprint density at radius 1 is 0.875 bits per heavy atom. The van der Waals surface area contributed by atoms with Gasteiger partial charge in [0.25, 0.3) is 0 Å². The Hall–Kier alpha value is -0.0400. The predicted molar refractivity (Wildman–Crippen MR) is 38.1 cm³/mol. The molecular formula is C7H18O. The molecule has 0 heterocycles. The molecule has 1 heteroatoms. The van der Waals surface area contributed by atoms with Crippen LogP contribution in [0.15, 0.2) is 0 Å². The van der Waals surface area contributed by atoms with Gasteiger partial charge in [0.05, 0.1) is 0 Å². The summed E-state index contributed by atoms with van der Waals surface area (Å²) in [7, 11) is 3.25. The third kappa shape index (κ3) is 91600. The van der Waals surface area contributed by atoms with E-state index in [0.717, 1.165) is 0 Å². The zero-order chi connectivity index (χ0) is 7.21. The van der Waals surface area contributed by atoms with E-state index in [1.54, 1.807) is 14.2 Å². The Morgan fingerprint density at radius 2 is 0.875 bits per heavy atom. The molecule has 0 aromatic carbocycles. The molecule has 1 nitrogen and oxygen atoms in total. The van der Waals surface area contributed by atoms with Gasteiger partial charge in [-0.15, -0.1) is 0 Å². The van der Waals surface area contributed by atoms with Crippen LogP contribution < -0.4 is 0 Å². The molecule has 0 aromatic rings. The Morgan fingerprint density at radius 3 is 0.875 bits per heavy atom. The second-order valence-electron chi connectivity index (χ2n) is 3.41. The predicted octanol–water partition coefficient (Wildman–Crippen LogP) is 2.32. The molecular weight excluding hydrogens is 100 g/mol. The Balaban J connectivity index is 0. The zero-order valence-corrected chi connectivity index (χ0v) is 6.91. The van der Waals surface area contributed by atoms with Gasteiger partial charge < -0.3 is 4.74 Å². The lowest BCUT2D eigenvalue weighted by molar-refractivity contribution is 0.277. The lowest BCUT2D eigenvalue weighted by Gasteiger charge is -2.05. The first-order chi connectivity index (χ1) is 3.41. The smallest absolute Gasteiger partial charge is 0.0351 e. The van der Waals surface area contributed by atoms with Crippen LogP contribution >= 0.6 is 0 Å². The molecule has 8 heavy (non-hydrogen) atoms. The van der Waals surface area contributed by atoms with E-state index in [2.05, 4.69) is 32.4 Å². The molecule has 0 unspecified atom stereocenters. The molecule has 0 aliphatic heterocycles. The van der Waals surface area contributed by atoms with E-state index in [1.165, 1.54) is 0 Å². The highest BCUT2D eigenvalue weighted by atomic mass is 16.4. The van der Waals surface area contributed by atoms with E-state index < -0.39 is 0 Å². The van der Waals surface area contributed by atoms with Gasteiger partial charge in [-0.2, -0.15) is 0 Å². The first-order valence-electron chi connectivity index (χ1n) is 2.82. The zero-order valence-electron chi connectivity index (χ0n) is 6.91. The van der Waals surface area contributed by atoms with E-state index in [0.29, 0.717) is 5.41 Å². The van der Waals surface area contributed by atoms with Crippen molar-refractivity contribution in [2.75, 3.05) is 14.2 Å². The van der Waals surface area contributed by atoms with Gasteiger partial charge in [0.2, 0.25) is 0 Å². The average molecular weight is 118 g/mol. The summed E-state index contributed by atoms with van der Waals surface area (Å²) in [6.45, 7) is 8.75. The molecule has 0 amide bonds. The molecule has 0 radical (unpaired) electrons. The van der Waals surface area contributed by atoms with Crippen molar-refractivity contribution in [2.24, 2.45) is 5.41 Å². The largest absolute Gasteiger partial charge is 0.388 e. The van der Waals surface area contributed by atoms with E-state index >= 15 is 0 Å². The fourth-order valence-electron chi connectivity index (χ4n) is 0. The Kier molecular flexibility index (Phi) is 6.93. The van der Waals surface area contributed by atoms with Crippen molar-refractivity contribution < 1.29 is 4.74 Å². The molecule has 52 valence electrons. The van der Waals surface area contributed by atoms with Crippen LogP contribution in [-0.2, 0) is 4.74 Å². The highest BCUT2D eigenvalue weighted by Crippen LogP contribution is 2.07. The maximum absolute atomic E-state index is 4.25. The van der Waals surface area contributed by atoms with Gasteiger partial charge in [0, 0.05) is 14.2 Å². The molecule has 0 saturated heterocycles. The standard InChI is InChI=1S/C5H12.C2H6O/c1-5(2,3)4;1-3-2/h1-4H3;1-2H3. The van der Waals surface area contributed by atoms with Gasteiger partial charge >= 0.3 is 0 Å². The van der Waals surface area contributed by atoms with Crippen LogP contribution in [0.4, 0.5) is 0 Å². The van der Waals surface area contributed by atoms with E-state index in [1.807, 2.05) is 0 Å². The van der Waals surface area contributed by atoms with Crippen molar-refractivity contribution in [3.8, 4) is 0 Å². The van der Waals surface area contributed by atoms with Gasteiger partial charge in [-0.3, -0.25) is 0 Å². The van der Waals surface area contributed by atoms with E-state index in [4.69, 9.17) is 0 Å². The minimum atomic E-state index is 0.500. The summed E-state index contributed by atoms with van der Waals surface area (Å²) in [6, 6.07) is 0. The van der Waals surface area contributed by atoms with Crippen LogP contribution in [0.3, 0.4) is 0 Å². The normalized spacial score (nSPS) is 9.75. The third-order valence-electron chi connectivity index (χ3n) is 0. The molecule has 0 atom stereocenters. The minimum Gasteiger partial charge on any atom is -0.388 e. The summed E-state index contributed by atoms with van der Waals surface area (Å²) in [4.78, 5) is 0. The molecule has 0 aliphatic rings. The summed E-state index contributed by atoms with van der Waals surface area (Å²) in [5.74, 6) is 0. The van der Waals surface area contributed by atoms with Crippen LogP contribution in [0.2, 0.25) is 0 Å². The third-order valence-corrected chi connectivity index (χ3v) is 0. The average Bonchev–Trinajstić information content (AvgIpc) is 1.27. The second kappa shape index (κ2) is 5.10. The first kappa shape index (κ1) is 10.9. The lowest BCUT2D eigenvalue weighted by Crippen LogP contribution is -1.93. The molecule has 0 aliphatic carbocycles. The molecule has 0 rings (SSSR count). The van der Waals surface area contributed by atoms with Crippen molar-refractivity contribution in [3.05, 3.63) is 0 Å². The highest BCUT2D eigenvalue weighted by Gasteiger charge is 1.95. The quantitative estimate of drug-likeness (QED) is 0.474. The summed E-state index contributed by atoms with van der Waals surface area (Å²) >= 11 is 0. The maximum Gasteiger partial charge on any atom is 0.0351 e. The topological polar surface area (TPSA) is 9.23 Å². The van der Waals surface area contributed by atoms with Crippen molar-refractivity contribution in [3.63, 3.8) is 0 Å². The van der Waals surface area contributed by atoms with Gasteiger partial charge in [0.15, 0.2) is 0 Å². The molecule has 0 fully saturated rings. The summed E-state index contributed by atoms with van der Waals surface area (Å²) in [5.41, 5.74) is 0.500. The summed E-state index contributed by atoms with van der Waals surface area (Å²) in [5, 5.41) is 0. The van der Waals surface area contributed by atoms with Crippen molar-refractivity contribution in [1.29, 1.82) is 0 Å². The lowest BCUT2D eigenvalue weighted by atomic mass is 10.0. The van der Waals surface area contributed by atoms with Crippen LogP contribution in [0.1, 0.15) is 27.7 Å². The molecule has 0 aromatic heterocycles. The van der Waals surface area contributed by atoms with E-state index in [-0.39, 0.29) is 0 Å². The van der Waals surface area contributed by atoms with Gasteiger partial charge in [-0.1, -0.05) is 27.7 Å². The van der Waals surface area contributed by atoms with E-state index in [9.17, 15) is 0 Å². The number of rotatable bonds is 0. The van der Waals surface area contributed by atoms with Crippen molar-refractivity contribution in [1.82, 2.24) is 0 Å². The molecule has 0 bridgehead atoms. The van der Waals surface area contributed by atoms with Gasteiger partial charge in [-0.25, -0.2) is 0 Å². The summed E-state index contributed by atoms with van der Waals surface area (Å²) < 4.78 is 4.25. The van der Waals surface area contributed by atoms with Gasteiger partial charge in [-0.05, 0) is 5.41 Å². The fourth-order valence-corrected chi connectivity index (χ4v) is 0. The van der Waals surface area contributed by atoms with Crippen LogP contribution in [0.5, 0.6) is 0 Å². The molecule has 0 saturated carbocycles. The molecule has 0 N–H and O–H groups in total. The monoisotopic (exact) mass is 118 g/mol. The number of methoxy groups -OCH3 is 1.